The fraction of sp³-hybridized carbons (Fsp3) is 0.158. The highest BCUT2D eigenvalue weighted by atomic mass is 35.5. The van der Waals surface area contributed by atoms with Crippen molar-refractivity contribution in [2.45, 2.75) is 12.8 Å². The SMILES string of the molecule is COc1nc(CCc2cccnc2)cc(Oc2cc(N)cc(Cl)c2)c1Cl. The van der Waals surface area contributed by atoms with Crippen LogP contribution in [0.15, 0.2) is 48.8 Å². The minimum Gasteiger partial charge on any atom is -0.480 e. The van der Waals surface area contributed by atoms with Crippen molar-refractivity contribution in [1.29, 1.82) is 0 Å². The number of rotatable bonds is 6. The zero-order chi connectivity index (χ0) is 18.5. The van der Waals surface area contributed by atoms with E-state index in [9.17, 15) is 0 Å². The van der Waals surface area contributed by atoms with Crippen molar-refractivity contribution in [1.82, 2.24) is 9.97 Å². The highest BCUT2D eigenvalue weighted by molar-refractivity contribution is 6.33. The number of hydrogen-bond acceptors (Lipinski definition) is 5. The van der Waals surface area contributed by atoms with E-state index in [0.717, 1.165) is 17.7 Å². The topological polar surface area (TPSA) is 70.3 Å². The van der Waals surface area contributed by atoms with Crippen molar-refractivity contribution >= 4 is 28.9 Å². The molecule has 2 heterocycles. The van der Waals surface area contributed by atoms with Crippen molar-refractivity contribution in [3.63, 3.8) is 0 Å². The largest absolute Gasteiger partial charge is 0.480 e. The maximum Gasteiger partial charge on any atom is 0.236 e. The lowest BCUT2D eigenvalue weighted by atomic mass is 10.1. The summed E-state index contributed by atoms with van der Waals surface area (Å²) in [5.41, 5.74) is 8.22. The van der Waals surface area contributed by atoms with Gasteiger partial charge >= 0.3 is 0 Å². The first-order valence-electron chi connectivity index (χ1n) is 7.91. The predicted octanol–water partition coefficient (Wildman–Crippen LogP) is 4.95. The number of nitrogens with two attached hydrogens (primary N) is 1. The number of ether oxygens (including phenoxy) is 2. The van der Waals surface area contributed by atoms with Gasteiger partial charge in [-0.25, -0.2) is 4.98 Å². The molecular formula is C19H17Cl2N3O2. The summed E-state index contributed by atoms with van der Waals surface area (Å²) in [5, 5.41) is 0.769. The molecule has 0 amide bonds. The van der Waals surface area contributed by atoms with Gasteiger partial charge in [-0.15, -0.1) is 0 Å². The van der Waals surface area contributed by atoms with Crippen molar-refractivity contribution in [3.05, 3.63) is 70.1 Å². The van der Waals surface area contributed by atoms with Crippen molar-refractivity contribution in [3.8, 4) is 17.4 Å². The van der Waals surface area contributed by atoms with E-state index in [2.05, 4.69) is 9.97 Å². The highest BCUT2D eigenvalue weighted by Gasteiger charge is 2.14. The van der Waals surface area contributed by atoms with Gasteiger partial charge in [0.05, 0.1) is 7.11 Å². The molecule has 2 N–H and O–H groups in total. The summed E-state index contributed by atoms with van der Waals surface area (Å²) in [5.74, 6) is 1.23. The standard InChI is InChI=1S/C19H17Cl2N3O2/c1-25-19-18(21)17(26-16-8-13(20)7-14(22)9-16)10-15(24-19)5-4-12-3-2-6-23-11-12/h2-3,6-11H,4-5,22H2,1H3. The third-order valence-electron chi connectivity index (χ3n) is 3.65. The van der Waals surface area contributed by atoms with Crippen molar-refractivity contribution in [2.24, 2.45) is 0 Å². The third-order valence-corrected chi connectivity index (χ3v) is 4.22. The molecular weight excluding hydrogens is 373 g/mol. The molecule has 0 aliphatic heterocycles. The quantitative estimate of drug-likeness (QED) is 0.603. The number of benzene rings is 1. The third kappa shape index (κ3) is 4.56. The molecule has 0 atom stereocenters. The Morgan fingerprint density at radius 3 is 2.65 bits per heavy atom. The second-order valence-corrected chi connectivity index (χ2v) is 6.43. The van der Waals surface area contributed by atoms with Crippen LogP contribution in [0.4, 0.5) is 5.69 Å². The molecule has 26 heavy (non-hydrogen) atoms. The van der Waals surface area contributed by atoms with Crippen LogP contribution in [-0.4, -0.2) is 17.1 Å². The summed E-state index contributed by atoms with van der Waals surface area (Å²) >= 11 is 12.4. The zero-order valence-electron chi connectivity index (χ0n) is 14.1. The summed E-state index contributed by atoms with van der Waals surface area (Å²) in [6.45, 7) is 0. The monoisotopic (exact) mass is 389 g/mol. The molecule has 0 aliphatic carbocycles. The molecule has 7 heteroatoms. The van der Waals surface area contributed by atoms with Crippen molar-refractivity contribution in [2.75, 3.05) is 12.8 Å². The number of hydrogen-bond donors (Lipinski definition) is 1. The average Bonchev–Trinajstić information content (AvgIpc) is 2.62. The molecule has 1 aromatic carbocycles. The molecule has 0 unspecified atom stereocenters. The fourth-order valence-corrected chi connectivity index (χ4v) is 2.90. The van der Waals surface area contributed by atoms with Crippen LogP contribution in [-0.2, 0) is 12.8 Å². The van der Waals surface area contributed by atoms with Crippen LogP contribution < -0.4 is 15.2 Å². The van der Waals surface area contributed by atoms with E-state index in [1.54, 1.807) is 30.5 Å². The van der Waals surface area contributed by atoms with E-state index in [1.165, 1.54) is 7.11 Å². The summed E-state index contributed by atoms with van der Waals surface area (Å²) in [7, 11) is 1.51. The molecule has 0 fully saturated rings. The Labute approximate surface area is 161 Å². The lowest BCUT2D eigenvalue weighted by Crippen LogP contribution is -2.00. The van der Waals surface area contributed by atoms with Crippen LogP contribution in [0.5, 0.6) is 17.4 Å². The van der Waals surface area contributed by atoms with Gasteiger partial charge in [0.2, 0.25) is 5.88 Å². The summed E-state index contributed by atoms with van der Waals surface area (Å²) in [6, 6.07) is 10.7. The summed E-state index contributed by atoms with van der Waals surface area (Å²) in [4.78, 5) is 8.56. The number of nitrogen functional groups attached to an aromatic ring is 1. The molecule has 0 saturated carbocycles. The summed E-state index contributed by atoms with van der Waals surface area (Å²) in [6.07, 6.45) is 5.05. The second-order valence-electron chi connectivity index (χ2n) is 5.62. The Bertz CT molecular complexity index is 885. The van der Waals surface area contributed by atoms with E-state index < -0.39 is 0 Å². The van der Waals surface area contributed by atoms with Gasteiger partial charge < -0.3 is 15.2 Å². The lowest BCUT2D eigenvalue weighted by Gasteiger charge is -2.13. The van der Waals surface area contributed by atoms with E-state index in [1.807, 2.05) is 18.3 Å². The average molecular weight is 390 g/mol. The molecule has 134 valence electrons. The molecule has 5 nitrogen and oxygen atoms in total. The molecule has 0 aliphatic rings. The first kappa shape index (κ1) is 18.3. The van der Waals surface area contributed by atoms with Crippen LogP contribution in [0.25, 0.3) is 0 Å². The van der Waals surface area contributed by atoms with Gasteiger partial charge in [-0.05, 0) is 36.6 Å². The Morgan fingerprint density at radius 1 is 1.12 bits per heavy atom. The van der Waals surface area contributed by atoms with Gasteiger partial charge in [0.1, 0.15) is 10.8 Å². The molecule has 3 rings (SSSR count). The van der Waals surface area contributed by atoms with Crippen LogP contribution in [0.3, 0.4) is 0 Å². The lowest BCUT2D eigenvalue weighted by molar-refractivity contribution is 0.390. The van der Waals surface area contributed by atoms with Gasteiger partial charge in [-0.2, -0.15) is 0 Å². The fourth-order valence-electron chi connectivity index (χ4n) is 2.46. The van der Waals surface area contributed by atoms with E-state index in [-0.39, 0.29) is 5.02 Å². The van der Waals surface area contributed by atoms with E-state index >= 15 is 0 Å². The van der Waals surface area contributed by atoms with Gasteiger partial charge in [0.15, 0.2) is 5.75 Å². The first-order valence-corrected chi connectivity index (χ1v) is 8.67. The molecule has 0 bridgehead atoms. The molecule has 0 spiro atoms. The normalized spacial score (nSPS) is 10.6. The molecule has 3 aromatic rings. The minimum absolute atomic E-state index is 0.288. The van der Waals surface area contributed by atoms with Gasteiger partial charge in [0.25, 0.3) is 0 Å². The van der Waals surface area contributed by atoms with Crippen LogP contribution >= 0.6 is 23.2 Å². The van der Waals surface area contributed by atoms with Crippen LogP contribution in [0, 0.1) is 0 Å². The Morgan fingerprint density at radius 2 is 1.96 bits per heavy atom. The van der Waals surface area contributed by atoms with Crippen LogP contribution in [0.1, 0.15) is 11.3 Å². The number of aryl methyl sites for hydroxylation is 2. The minimum atomic E-state index is 0.288. The first-order chi connectivity index (χ1) is 12.5. The Balaban J connectivity index is 1.86. The van der Waals surface area contributed by atoms with Crippen LogP contribution in [0.2, 0.25) is 10.0 Å². The number of anilines is 1. The Kier molecular flexibility index (Phi) is 5.81. The maximum absolute atomic E-state index is 6.34. The van der Waals surface area contributed by atoms with Crippen molar-refractivity contribution < 1.29 is 9.47 Å². The van der Waals surface area contributed by atoms with Gasteiger partial charge in [-0.1, -0.05) is 29.3 Å². The summed E-state index contributed by atoms with van der Waals surface area (Å²) < 4.78 is 11.2. The maximum atomic E-state index is 6.34. The number of aromatic nitrogens is 2. The number of pyridine rings is 2. The van der Waals surface area contributed by atoms with E-state index in [0.29, 0.717) is 34.5 Å². The van der Waals surface area contributed by atoms with Gasteiger partial charge in [0, 0.05) is 40.9 Å². The molecule has 0 radical (unpaired) electrons. The molecule has 0 saturated heterocycles. The molecule has 2 aromatic heterocycles. The Hall–Kier alpha value is -2.50. The number of nitrogens with zero attached hydrogens (tertiary/aromatic N) is 2. The van der Waals surface area contributed by atoms with Gasteiger partial charge in [-0.3, -0.25) is 4.98 Å². The number of halogens is 2. The zero-order valence-corrected chi connectivity index (χ0v) is 15.6. The smallest absolute Gasteiger partial charge is 0.236 e. The number of methoxy groups -OCH3 is 1. The second kappa shape index (κ2) is 8.25. The highest BCUT2D eigenvalue weighted by Crippen LogP contribution is 2.37. The predicted molar refractivity (Wildman–Crippen MR) is 103 cm³/mol. The van der Waals surface area contributed by atoms with E-state index in [4.69, 9.17) is 38.4 Å².